The summed E-state index contributed by atoms with van der Waals surface area (Å²) in [5, 5.41) is 1.18. The first-order chi connectivity index (χ1) is 38.4. The molecule has 1 spiro atoms. The van der Waals surface area contributed by atoms with Gasteiger partial charge in [-0.05, 0) is 22.3 Å². The molecule has 6 aromatic carbocycles. The van der Waals surface area contributed by atoms with Gasteiger partial charge in [-0.2, -0.15) is 0 Å². The Morgan fingerprint density at radius 2 is 0.902 bits per heavy atom. The third-order valence-electron chi connectivity index (χ3n) is 22.5. The minimum absolute atomic E-state index is 0.608. The van der Waals surface area contributed by atoms with Gasteiger partial charge in [0.1, 0.15) is 70.6 Å². The van der Waals surface area contributed by atoms with E-state index in [2.05, 4.69) is 221 Å². The molecule has 1 unspecified atom stereocenters. The molecule has 2 heterocycles. The summed E-state index contributed by atoms with van der Waals surface area (Å²) in [6.07, 6.45) is 1.81. The van der Waals surface area contributed by atoms with Gasteiger partial charge in [0.2, 0.25) is 0 Å². The number of benzene rings is 6. The number of thiophene rings is 1. The second kappa shape index (κ2) is 20.1. The van der Waals surface area contributed by atoms with Crippen LogP contribution >= 0.6 is 11.3 Å². The summed E-state index contributed by atoms with van der Waals surface area (Å²) in [6, 6.07) is 7.09. The fraction of sp³-hybridized carbons (Fsp3) is 0.0385. The Kier molecular flexibility index (Phi) is 14.4. The van der Waals surface area contributed by atoms with Crippen molar-refractivity contribution in [3.05, 3.63) is 79.8 Å². The van der Waals surface area contributed by atoms with Crippen molar-refractivity contribution in [2.45, 2.75) is 12.3 Å². The molecule has 0 radical (unpaired) electrons. The average Bonchev–Trinajstić information content (AvgIpc) is 1.51. The van der Waals surface area contributed by atoms with E-state index in [0.717, 1.165) is 21.4 Å². The van der Waals surface area contributed by atoms with Crippen LogP contribution in [0.1, 0.15) is 34.7 Å². The van der Waals surface area contributed by atoms with E-state index in [4.69, 9.17) is 24.9 Å². The molecule has 30 heteroatoms. The van der Waals surface area contributed by atoms with Crippen LogP contribution in [0.2, 0.25) is 0 Å². The molecule has 0 saturated heterocycles. The number of hydrogen-bond donors (Lipinski definition) is 0. The zero-order valence-corrected chi connectivity index (χ0v) is 55.3. The van der Waals surface area contributed by atoms with Gasteiger partial charge in [0.15, 0.2) is 0 Å². The van der Waals surface area contributed by atoms with Gasteiger partial charge in [0, 0.05) is 0 Å². The van der Waals surface area contributed by atoms with Gasteiger partial charge in [-0.25, -0.2) is 0 Å². The van der Waals surface area contributed by atoms with E-state index in [0.29, 0.717) is 0 Å². The van der Waals surface area contributed by atoms with Crippen molar-refractivity contribution in [1.29, 1.82) is 0 Å². The molecular weight excluding hydrogens is 977 g/mol. The maximum atomic E-state index is 5.43. The van der Waals surface area contributed by atoms with Crippen molar-refractivity contribution in [2.24, 2.45) is 0 Å². The molecule has 3 aliphatic carbocycles. The topological polar surface area (TPSA) is 25.8 Å². The summed E-state index contributed by atoms with van der Waals surface area (Å²) in [5.41, 5.74) is 56.0. The fourth-order valence-electron chi connectivity index (χ4n) is 16.4. The van der Waals surface area contributed by atoms with Gasteiger partial charge in [-0.3, -0.25) is 0 Å². The second-order valence-electron chi connectivity index (χ2n) is 25.8. The molecule has 2 nitrogen and oxygen atoms in total. The zero-order valence-electron chi connectivity index (χ0n) is 54.5. The van der Waals surface area contributed by atoms with Crippen LogP contribution in [0.3, 0.4) is 0 Å². The summed E-state index contributed by atoms with van der Waals surface area (Å²) in [4.78, 5) is 10.5. The van der Waals surface area contributed by atoms with Crippen molar-refractivity contribution in [2.75, 3.05) is 0 Å². The third-order valence-corrected chi connectivity index (χ3v) is 23.6. The number of fused-ring (bicyclic) bond motifs is 9. The molecule has 0 aliphatic heterocycles. The van der Waals surface area contributed by atoms with Crippen LogP contribution in [0.4, 0.5) is 0 Å². The minimum atomic E-state index is -0.608. The van der Waals surface area contributed by atoms with Crippen LogP contribution in [0, 0.1) is 0 Å². The first kappa shape index (κ1) is 58.8. The summed E-state index contributed by atoms with van der Waals surface area (Å²) in [7, 11) is 68.7. The van der Waals surface area contributed by atoms with Crippen molar-refractivity contribution in [1.82, 2.24) is 9.97 Å². The molecule has 3 aliphatic rings. The molecule has 11 rings (SSSR count). The molecule has 82 heavy (non-hydrogen) atoms. The van der Waals surface area contributed by atoms with Crippen LogP contribution in [0.15, 0.2) is 52.0 Å². The normalized spacial score (nSPS) is 16.4. The summed E-state index contributed by atoms with van der Waals surface area (Å²) < 4.78 is 2.35. The molecule has 0 bridgehead atoms. The molecule has 364 valence electrons. The van der Waals surface area contributed by atoms with Crippen LogP contribution in [-0.4, -0.2) is 232 Å². The summed E-state index contributed by atoms with van der Waals surface area (Å²) in [6.45, 7) is 2.32. The quantitative estimate of drug-likeness (QED) is 0.161. The maximum absolute atomic E-state index is 5.43. The van der Waals surface area contributed by atoms with E-state index in [9.17, 15) is 0 Å². The Hall–Kier alpha value is -4.93. The van der Waals surface area contributed by atoms with Gasteiger partial charge >= 0.3 is 373 Å². The zero-order chi connectivity index (χ0) is 60.0. The average molecular weight is 1040 g/mol. The van der Waals surface area contributed by atoms with E-state index in [1.807, 2.05) is 17.7 Å². The van der Waals surface area contributed by atoms with E-state index in [1.165, 1.54) is 230 Å². The van der Waals surface area contributed by atoms with E-state index >= 15 is 0 Å². The molecule has 8 aromatic rings. The summed E-state index contributed by atoms with van der Waals surface area (Å²) in [5.74, 6) is 0. The molecule has 2 aromatic heterocycles. The Bertz CT molecular complexity index is 4560. The number of aromatic nitrogens is 2. The third kappa shape index (κ3) is 7.52. The molecule has 0 saturated carbocycles. The van der Waals surface area contributed by atoms with Crippen LogP contribution in [0.5, 0.6) is 0 Å². The number of allylic oxidation sites excluding steroid dienone is 8. The van der Waals surface area contributed by atoms with Crippen molar-refractivity contribution < 1.29 is 0 Å². The summed E-state index contributed by atoms with van der Waals surface area (Å²) >= 11 is 1.83. The predicted molar refractivity (Wildman–Crippen MR) is 449 cm³/mol. The van der Waals surface area contributed by atoms with Gasteiger partial charge < -0.3 is 0 Å². The second-order valence-corrected chi connectivity index (χ2v) is 26.8. The van der Waals surface area contributed by atoms with E-state index in [-0.39, 0.29) is 0 Å². The van der Waals surface area contributed by atoms with E-state index in [1.54, 1.807) is 0 Å². The Morgan fingerprint density at radius 3 is 1.44 bits per heavy atom. The van der Waals surface area contributed by atoms with E-state index < -0.39 is 5.41 Å². The van der Waals surface area contributed by atoms with Gasteiger partial charge in [-0.1, -0.05) is 38.8 Å². The number of hydrogen-bond acceptors (Lipinski definition) is 3. The van der Waals surface area contributed by atoms with Gasteiger partial charge in [0.25, 0.3) is 0 Å². The number of nitrogens with zero attached hydrogens (tertiary/aromatic N) is 2. The molecule has 1 atom stereocenters. The standard InChI is InChI=1S/C52H59B27N2S/c1-6(53)10(23(54)18-14-22(38(69)46(77)42(73)29(14)60)52(51(18)79)20-12(27(58)40(71)36(20)67)13-21(52)37(68)45(76)41(72)28(13)59)15-24(55)19(35(66)39(70)32(15)63)49-50-48(80-5-81-49)8-4-7(2-3-9(8)82-50)11-25(56)30(61)16(31(62)26(11)57)17-33(64)43(74)47(78)44(75)34(17)65/h2-5,67,79H,53-66,68-78H2,1H3/b10-6+,23-18+. The molecule has 0 amide bonds. The van der Waals surface area contributed by atoms with Crippen LogP contribution < -0.4 is 115 Å². The van der Waals surface area contributed by atoms with Crippen molar-refractivity contribution in [3.8, 4) is 33.5 Å². The Labute approximate surface area is 516 Å². The van der Waals surface area contributed by atoms with Gasteiger partial charge in [-0.15, -0.1) is 16.4 Å². The molecular formula is C52H59B27N2S. The first-order valence-corrected chi connectivity index (χ1v) is 30.6. The SMILES string of the molecule is B=C1C(B)=C(B)C2=C1C1(C(=B)/C(=C(B)\C(=C(\B)C)c3c(B)c(B)c(B)c(-c4ncnc5c4sc4ccc(-c6c(B)c(B)c(-c7c(B)c(B)c(B)c(B)c7B)c(B)c6B)cc45)c3B)c3c(B)c(B)c(B)c(B)c31)c1c(B)c(B)c(B)c(B)c12. The van der Waals surface area contributed by atoms with Crippen LogP contribution in [-0.2, 0) is 5.41 Å². The Morgan fingerprint density at radius 1 is 0.463 bits per heavy atom. The van der Waals surface area contributed by atoms with Gasteiger partial charge in [0.05, 0.1) is 0 Å². The fourth-order valence-corrected chi connectivity index (χ4v) is 17.5. The number of rotatable bonds is 5. The first-order valence-electron chi connectivity index (χ1n) is 29.8. The van der Waals surface area contributed by atoms with Crippen LogP contribution in [0.25, 0.3) is 70.5 Å². The van der Waals surface area contributed by atoms with Crippen molar-refractivity contribution >= 4 is 385 Å². The molecule has 0 fully saturated rings. The monoisotopic (exact) mass is 1040 g/mol. The predicted octanol–water partition coefficient (Wildman–Crippen LogP) is -29.6. The molecule has 0 N–H and O–H groups in total. The van der Waals surface area contributed by atoms with Crippen molar-refractivity contribution in [3.63, 3.8) is 0 Å². The Balaban J connectivity index is 1.13.